The van der Waals surface area contributed by atoms with Crippen LogP contribution in [0.25, 0.3) is 17.0 Å². The molecular weight excluding hydrogens is 718 g/mol. The fourth-order valence-electron chi connectivity index (χ4n) is 8.30. The normalized spacial score (nSPS) is 37.6. The van der Waals surface area contributed by atoms with Gasteiger partial charge in [0, 0.05) is 35.4 Å². The first-order chi connectivity index (χ1) is 26.4. The monoisotopic (exact) mass is 783 g/mol. The minimum Gasteiger partial charge on any atom is -0.459 e. The smallest absolute Gasteiger partial charge is 0.316 e. The topological polar surface area (TPSA) is 169 Å². The maximum Gasteiger partial charge on any atom is 0.316 e. The molecule has 1 aromatic carbocycles. The highest BCUT2D eigenvalue weighted by atomic mass is 16.7. The summed E-state index contributed by atoms with van der Waals surface area (Å²) in [7, 11) is 3.76. The van der Waals surface area contributed by atoms with E-state index in [-0.39, 0.29) is 38.2 Å². The number of hydrogen-bond donors (Lipinski definition) is 3. The molecule has 13 atom stereocenters. The standard InChI is InChI=1S/C43H65N3O10/c1-12-34-43(9,51)38(49)27(5)35(45-53-13-2)25(3)23-42(8,52-20-16-17-30-22-31-18-14-15-19-32(31)44-24-30)39(28(6)36(47)29(7)40(50)55-34)56-41-37(48)33(46(10)11)21-26(4)54-41/h14-19,22,24-29,33-34,37-39,41,48-49,51H,12-13,20-21,23H2,1-11H3/b17-16+,45-35+/t25-,26-,27+,28+,29-,33+,34-,37-,38-,39-,41+,42+,43-/m1/s1. The Hall–Kier alpha value is -3.30. The lowest BCUT2D eigenvalue weighted by atomic mass is 9.74. The van der Waals surface area contributed by atoms with Gasteiger partial charge in [-0.3, -0.25) is 14.6 Å². The van der Waals surface area contributed by atoms with Crippen molar-refractivity contribution < 1.29 is 48.7 Å². The van der Waals surface area contributed by atoms with E-state index in [1.54, 1.807) is 33.9 Å². The van der Waals surface area contributed by atoms with Crippen LogP contribution in [0.15, 0.2) is 47.8 Å². The van der Waals surface area contributed by atoms with Crippen molar-refractivity contribution in [3.63, 3.8) is 0 Å². The number of Topliss-reactive ketones (excluding diaryl/α,β-unsaturated/α-hetero) is 1. The van der Waals surface area contributed by atoms with Crippen molar-refractivity contribution >= 4 is 34.4 Å². The number of carbonyl (C=O) groups is 2. The molecule has 0 saturated carbocycles. The summed E-state index contributed by atoms with van der Waals surface area (Å²) in [5.74, 6) is -4.80. The van der Waals surface area contributed by atoms with Crippen LogP contribution in [-0.4, -0.2) is 124 Å². The summed E-state index contributed by atoms with van der Waals surface area (Å²) in [6, 6.07) is 9.58. The van der Waals surface area contributed by atoms with Crippen molar-refractivity contribution in [2.75, 3.05) is 27.3 Å². The van der Waals surface area contributed by atoms with Crippen molar-refractivity contribution in [3.8, 4) is 0 Å². The second-order valence-electron chi connectivity index (χ2n) is 16.4. The van der Waals surface area contributed by atoms with E-state index in [1.165, 1.54) is 13.8 Å². The van der Waals surface area contributed by atoms with Crippen LogP contribution in [-0.2, 0) is 33.4 Å². The summed E-state index contributed by atoms with van der Waals surface area (Å²) in [5.41, 5.74) is -1.03. The highest BCUT2D eigenvalue weighted by Gasteiger charge is 2.52. The second-order valence-corrected chi connectivity index (χ2v) is 16.4. The zero-order chi connectivity index (χ0) is 41.5. The van der Waals surface area contributed by atoms with E-state index in [0.29, 0.717) is 12.1 Å². The lowest BCUT2D eigenvalue weighted by Crippen LogP contribution is -2.60. The predicted octanol–water partition coefficient (Wildman–Crippen LogP) is 5.18. The second kappa shape index (κ2) is 19.4. The Kier molecular flexibility index (Phi) is 15.8. The number of esters is 1. The number of ketones is 1. The number of likely N-dealkylation sites (N-methyl/N-ethyl adjacent to an activating group) is 1. The Bertz CT molecular complexity index is 1680. The van der Waals surface area contributed by atoms with E-state index in [9.17, 15) is 24.9 Å². The van der Waals surface area contributed by atoms with Crippen LogP contribution < -0.4 is 0 Å². The van der Waals surface area contributed by atoms with Gasteiger partial charge >= 0.3 is 5.97 Å². The first-order valence-corrected chi connectivity index (χ1v) is 20.0. The van der Waals surface area contributed by atoms with Crippen molar-refractivity contribution in [1.29, 1.82) is 0 Å². The van der Waals surface area contributed by atoms with E-state index >= 15 is 0 Å². The molecule has 4 rings (SSSR count). The molecule has 13 nitrogen and oxygen atoms in total. The van der Waals surface area contributed by atoms with E-state index in [4.69, 9.17) is 23.8 Å². The highest BCUT2D eigenvalue weighted by molar-refractivity contribution is 6.00. The van der Waals surface area contributed by atoms with Gasteiger partial charge in [0.1, 0.15) is 30.3 Å². The third kappa shape index (κ3) is 10.4. The third-order valence-electron chi connectivity index (χ3n) is 11.6. The van der Waals surface area contributed by atoms with E-state index in [1.807, 2.05) is 82.3 Å². The number of benzene rings is 1. The maximum atomic E-state index is 14.4. The number of nitrogens with zero attached hydrogens (tertiary/aromatic N) is 3. The highest BCUT2D eigenvalue weighted by Crippen LogP contribution is 2.39. The van der Waals surface area contributed by atoms with Gasteiger partial charge in [0.25, 0.3) is 0 Å². The van der Waals surface area contributed by atoms with Gasteiger partial charge in [0.05, 0.1) is 41.7 Å². The van der Waals surface area contributed by atoms with Crippen LogP contribution in [0.5, 0.6) is 0 Å². The molecule has 0 amide bonds. The van der Waals surface area contributed by atoms with Crippen LogP contribution in [0.3, 0.4) is 0 Å². The minimum absolute atomic E-state index is 0.0855. The van der Waals surface area contributed by atoms with Gasteiger partial charge in [-0.05, 0) is 85.7 Å². The van der Waals surface area contributed by atoms with Crippen molar-refractivity contribution in [1.82, 2.24) is 9.88 Å². The van der Waals surface area contributed by atoms with Crippen LogP contribution in [0.4, 0.5) is 0 Å². The predicted molar refractivity (Wildman–Crippen MR) is 215 cm³/mol. The Morgan fingerprint density at radius 3 is 2.41 bits per heavy atom. The zero-order valence-electron chi connectivity index (χ0n) is 35.0. The molecule has 3 heterocycles. The van der Waals surface area contributed by atoms with Gasteiger partial charge in [-0.2, -0.15) is 0 Å². The van der Waals surface area contributed by atoms with Crippen molar-refractivity contribution in [2.45, 2.75) is 136 Å². The molecule has 56 heavy (non-hydrogen) atoms. The summed E-state index contributed by atoms with van der Waals surface area (Å²) in [4.78, 5) is 40.2. The summed E-state index contributed by atoms with van der Waals surface area (Å²) in [5, 5.41) is 40.6. The van der Waals surface area contributed by atoms with Crippen molar-refractivity contribution in [2.24, 2.45) is 28.8 Å². The van der Waals surface area contributed by atoms with Crippen molar-refractivity contribution in [3.05, 3.63) is 48.2 Å². The third-order valence-corrected chi connectivity index (χ3v) is 11.6. The fourth-order valence-corrected chi connectivity index (χ4v) is 8.30. The number of ether oxygens (including phenoxy) is 4. The molecule has 2 aliphatic heterocycles. The number of para-hydroxylation sites is 1. The molecule has 2 aliphatic rings. The molecule has 0 unspecified atom stereocenters. The number of aliphatic hydroxyl groups is 3. The largest absolute Gasteiger partial charge is 0.459 e. The number of cyclic esters (lactones) is 1. The van der Waals surface area contributed by atoms with E-state index < -0.39 is 77.3 Å². The molecule has 3 N–H and O–H groups in total. The molecule has 2 saturated heterocycles. The molecule has 0 aliphatic carbocycles. The lowest BCUT2D eigenvalue weighted by molar-refractivity contribution is -0.296. The van der Waals surface area contributed by atoms with Crippen LogP contribution in [0.1, 0.15) is 87.1 Å². The van der Waals surface area contributed by atoms with E-state index in [2.05, 4.69) is 10.1 Å². The Morgan fingerprint density at radius 1 is 1.05 bits per heavy atom. The molecule has 0 bridgehead atoms. The molecule has 2 fully saturated rings. The zero-order valence-corrected chi connectivity index (χ0v) is 35.0. The lowest BCUT2D eigenvalue weighted by Gasteiger charge is -2.47. The summed E-state index contributed by atoms with van der Waals surface area (Å²) in [6.07, 6.45) is 0.346. The van der Waals surface area contributed by atoms with Gasteiger partial charge in [0.2, 0.25) is 0 Å². The number of hydrogen-bond acceptors (Lipinski definition) is 13. The molecule has 0 radical (unpaired) electrons. The van der Waals surface area contributed by atoms with Crippen LogP contribution >= 0.6 is 0 Å². The Morgan fingerprint density at radius 2 is 1.75 bits per heavy atom. The molecule has 13 heteroatoms. The quantitative estimate of drug-likeness (QED) is 0.164. The molecular formula is C43H65N3O10. The first-order valence-electron chi connectivity index (χ1n) is 20.0. The molecule has 2 aromatic rings. The SMILES string of the molecule is CCO/N=C1\[C@H](C)C[C@](C)(OC/C=C/c2cnc3ccccc3c2)[C@H](O[C@@H]2O[C@H](C)C[C@H](N(C)C)[C@H]2O)[C@@H](C)C(=O)[C@@H](C)C(=O)O[C@H](CC)[C@@](C)(O)[C@H](O)[C@H]1C. The average molecular weight is 784 g/mol. The Balaban J connectivity index is 1.84. The van der Waals surface area contributed by atoms with Crippen LogP contribution in [0.2, 0.25) is 0 Å². The molecule has 1 aromatic heterocycles. The minimum atomic E-state index is -1.91. The number of aliphatic hydroxyl groups excluding tert-OH is 2. The van der Waals surface area contributed by atoms with Gasteiger partial charge in [-0.1, -0.05) is 63.2 Å². The number of pyridine rings is 1. The Labute approximate surface area is 332 Å². The first kappa shape index (κ1) is 45.4. The maximum absolute atomic E-state index is 14.4. The molecule has 312 valence electrons. The average Bonchev–Trinajstić information content (AvgIpc) is 3.16. The summed E-state index contributed by atoms with van der Waals surface area (Å²) in [6.45, 7) is 15.8. The van der Waals surface area contributed by atoms with Gasteiger partial charge in [-0.25, -0.2) is 0 Å². The number of carbonyl (C=O) groups excluding carboxylic acids is 2. The summed E-state index contributed by atoms with van der Waals surface area (Å²) >= 11 is 0. The number of rotatable bonds is 10. The fraction of sp³-hybridized carbons (Fsp3) is 0.674. The van der Waals surface area contributed by atoms with Gasteiger partial charge < -0.3 is 44.0 Å². The number of fused-ring (bicyclic) bond motifs is 1. The van der Waals surface area contributed by atoms with Gasteiger partial charge in [0.15, 0.2) is 12.1 Å². The van der Waals surface area contributed by atoms with E-state index in [0.717, 1.165) is 16.5 Å². The number of aromatic nitrogens is 1. The van der Waals surface area contributed by atoms with Crippen LogP contribution in [0, 0.1) is 23.7 Å². The molecule has 0 spiro atoms. The number of oxime groups is 1. The summed E-state index contributed by atoms with van der Waals surface area (Å²) < 4.78 is 25.7. The van der Waals surface area contributed by atoms with Gasteiger partial charge in [-0.15, -0.1) is 0 Å².